The first-order chi connectivity index (χ1) is 5.52. The van der Waals surface area contributed by atoms with E-state index in [4.69, 9.17) is 0 Å². The number of hydrogen-bond acceptors (Lipinski definition) is 1. The molecule has 12 heavy (non-hydrogen) atoms. The van der Waals surface area contributed by atoms with Gasteiger partial charge in [0.1, 0.15) is 0 Å². The second kappa shape index (κ2) is 3.21. The number of halogens is 2. The first kappa shape index (κ1) is 9.16. The molecule has 0 amide bonds. The molecule has 0 bridgehead atoms. The highest BCUT2D eigenvalue weighted by Crippen LogP contribution is 2.21. The van der Waals surface area contributed by atoms with Crippen molar-refractivity contribution in [3.8, 4) is 0 Å². The van der Waals surface area contributed by atoms with E-state index in [9.17, 15) is 8.78 Å². The molecule has 4 heteroatoms. The number of hydrogen-bond donors (Lipinski definition) is 0. The highest BCUT2D eigenvalue weighted by atomic mass is 19.3. The Labute approximate surface area is 70.2 Å². The zero-order chi connectivity index (χ0) is 9.30. The lowest BCUT2D eigenvalue weighted by Gasteiger charge is -2.09. The standard InChI is InChI=1S/C8H12F2N2/c1-5(2)12-4-6(3)11-8(12)7(9)10/h4-5,7H,1-3H3. The van der Waals surface area contributed by atoms with E-state index >= 15 is 0 Å². The molecule has 0 aromatic carbocycles. The lowest BCUT2D eigenvalue weighted by molar-refractivity contribution is 0.133. The minimum atomic E-state index is -2.49. The van der Waals surface area contributed by atoms with E-state index in [-0.39, 0.29) is 11.9 Å². The molecule has 0 unspecified atom stereocenters. The van der Waals surface area contributed by atoms with Gasteiger partial charge < -0.3 is 4.57 Å². The molecule has 1 aromatic rings. The van der Waals surface area contributed by atoms with Crippen molar-refractivity contribution in [1.29, 1.82) is 0 Å². The van der Waals surface area contributed by atoms with E-state index in [1.807, 2.05) is 13.8 Å². The summed E-state index contributed by atoms with van der Waals surface area (Å²) in [6, 6.07) is 0.0372. The first-order valence-electron chi connectivity index (χ1n) is 3.86. The third kappa shape index (κ3) is 1.62. The molecule has 0 atom stereocenters. The Kier molecular flexibility index (Phi) is 2.45. The maximum absolute atomic E-state index is 12.3. The fourth-order valence-corrected chi connectivity index (χ4v) is 1.11. The molecule has 0 aliphatic carbocycles. The summed E-state index contributed by atoms with van der Waals surface area (Å²) in [6.45, 7) is 5.42. The highest BCUT2D eigenvalue weighted by Gasteiger charge is 2.16. The number of nitrogens with zero attached hydrogens (tertiary/aromatic N) is 2. The summed E-state index contributed by atoms with van der Waals surface area (Å²) in [5, 5.41) is 0. The van der Waals surface area contributed by atoms with Crippen molar-refractivity contribution in [3.63, 3.8) is 0 Å². The highest BCUT2D eigenvalue weighted by molar-refractivity contribution is 5.04. The summed E-state index contributed by atoms with van der Waals surface area (Å²) in [6.07, 6.45) is -0.840. The molecule has 0 fully saturated rings. The van der Waals surface area contributed by atoms with Gasteiger partial charge in [-0.05, 0) is 20.8 Å². The van der Waals surface area contributed by atoms with Gasteiger partial charge in [-0.25, -0.2) is 13.8 Å². The lowest BCUT2D eigenvalue weighted by Crippen LogP contribution is -2.05. The quantitative estimate of drug-likeness (QED) is 0.674. The molecule has 0 radical (unpaired) electrons. The van der Waals surface area contributed by atoms with E-state index < -0.39 is 6.43 Å². The zero-order valence-corrected chi connectivity index (χ0v) is 7.38. The van der Waals surface area contributed by atoms with Crippen LogP contribution in [0.2, 0.25) is 0 Å². The lowest BCUT2D eigenvalue weighted by atomic mass is 10.4. The Morgan fingerprint density at radius 1 is 1.42 bits per heavy atom. The summed E-state index contributed by atoms with van der Waals surface area (Å²) in [7, 11) is 0. The molecule has 0 saturated carbocycles. The van der Waals surface area contributed by atoms with Crippen LogP contribution in [-0.4, -0.2) is 9.55 Å². The average molecular weight is 174 g/mol. The monoisotopic (exact) mass is 174 g/mol. The number of rotatable bonds is 2. The van der Waals surface area contributed by atoms with Gasteiger partial charge in [-0.2, -0.15) is 0 Å². The third-order valence-corrected chi connectivity index (χ3v) is 1.63. The van der Waals surface area contributed by atoms with Crippen LogP contribution in [0, 0.1) is 6.92 Å². The zero-order valence-electron chi connectivity index (χ0n) is 7.38. The summed E-state index contributed by atoms with van der Waals surface area (Å²) in [5.74, 6) is -0.137. The normalized spacial score (nSPS) is 11.6. The molecule has 1 heterocycles. The minimum Gasteiger partial charge on any atom is -0.327 e. The van der Waals surface area contributed by atoms with Crippen LogP contribution in [0.15, 0.2) is 6.20 Å². The molecule has 0 aliphatic rings. The molecule has 0 aliphatic heterocycles. The summed E-state index contributed by atoms with van der Waals surface area (Å²) in [5.41, 5.74) is 0.638. The van der Waals surface area contributed by atoms with E-state index in [2.05, 4.69) is 4.98 Å². The second-order valence-corrected chi connectivity index (χ2v) is 3.04. The van der Waals surface area contributed by atoms with Crippen LogP contribution in [0.4, 0.5) is 8.78 Å². The Morgan fingerprint density at radius 2 is 2.00 bits per heavy atom. The smallest absolute Gasteiger partial charge is 0.295 e. The summed E-state index contributed by atoms with van der Waals surface area (Å²) < 4.78 is 26.1. The Hall–Kier alpha value is -0.930. The minimum absolute atomic E-state index is 0.0372. The fraction of sp³-hybridized carbons (Fsp3) is 0.625. The van der Waals surface area contributed by atoms with Gasteiger partial charge in [-0.1, -0.05) is 0 Å². The van der Waals surface area contributed by atoms with Crippen molar-refractivity contribution in [3.05, 3.63) is 17.7 Å². The molecule has 0 spiro atoms. The van der Waals surface area contributed by atoms with Crippen molar-refractivity contribution >= 4 is 0 Å². The van der Waals surface area contributed by atoms with Gasteiger partial charge in [0.05, 0.1) is 5.69 Å². The predicted octanol–water partition coefficient (Wildman–Crippen LogP) is 2.71. The predicted molar refractivity (Wildman–Crippen MR) is 42.3 cm³/mol. The van der Waals surface area contributed by atoms with E-state index in [1.54, 1.807) is 13.1 Å². The van der Waals surface area contributed by atoms with Gasteiger partial charge >= 0.3 is 0 Å². The molecular weight excluding hydrogens is 162 g/mol. The third-order valence-electron chi connectivity index (χ3n) is 1.63. The number of alkyl halides is 2. The molecule has 1 aromatic heterocycles. The van der Waals surface area contributed by atoms with Crippen molar-refractivity contribution in [2.24, 2.45) is 0 Å². The van der Waals surface area contributed by atoms with E-state index in [1.165, 1.54) is 4.57 Å². The van der Waals surface area contributed by atoms with Gasteiger partial charge in [0.25, 0.3) is 6.43 Å². The maximum atomic E-state index is 12.3. The summed E-state index contributed by atoms with van der Waals surface area (Å²) in [4.78, 5) is 3.74. The molecule has 2 nitrogen and oxygen atoms in total. The Balaban J connectivity index is 3.08. The SMILES string of the molecule is Cc1cn(C(C)C)c(C(F)F)n1. The number of aromatic nitrogens is 2. The molecule has 1 rings (SSSR count). The van der Waals surface area contributed by atoms with Gasteiger partial charge in [0.2, 0.25) is 0 Å². The summed E-state index contributed by atoms with van der Waals surface area (Å²) >= 11 is 0. The van der Waals surface area contributed by atoms with Gasteiger partial charge in [0, 0.05) is 12.2 Å². The largest absolute Gasteiger partial charge is 0.327 e. The van der Waals surface area contributed by atoms with Gasteiger partial charge in [-0.15, -0.1) is 0 Å². The molecule has 0 saturated heterocycles. The van der Waals surface area contributed by atoms with Crippen LogP contribution in [0.3, 0.4) is 0 Å². The molecule has 0 N–H and O–H groups in total. The number of imidazole rings is 1. The number of aryl methyl sites for hydroxylation is 1. The van der Waals surface area contributed by atoms with E-state index in [0.717, 1.165) is 0 Å². The maximum Gasteiger partial charge on any atom is 0.295 e. The topological polar surface area (TPSA) is 17.8 Å². The second-order valence-electron chi connectivity index (χ2n) is 3.04. The fourth-order valence-electron chi connectivity index (χ4n) is 1.11. The molecule has 68 valence electrons. The Morgan fingerprint density at radius 3 is 2.33 bits per heavy atom. The van der Waals surface area contributed by atoms with Crippen LogP contribution in [0.1, 0.15) is 37.8 Å². The van der Waals surface area contributed by atoms with E-state index in [0.29, 0.717) is 5.69 Å². The van der Waals surface area contributed by atoms with Crippen LogP contribution in [-0.2, 0) is 0 Å². The van der Waals surface area contributed by atoms with Gasteiger partial charge in [0.15, 0.2) is 5.82 Å². The average Bonchev–Trinajstić information content (AvgIpc) is 2.31. The van der Waals surface area contributed by atoms with Crippen LogP contribution in [0.5, 0.6) is 0 Å². The van der Waals surface area contributed by atoms with Crippen LogP contribution < -0.4 is 0 Å². The van der Waals surface area contributed by atoms with Crippen molar-refractivity contribution < 1.29 is 8.78 Å². The Bertz CT molecular complexity index is 241. The van der Waals surface area contributed by atoms with Crippen molar-refractivity contribution in [2.45, 2.75) is 33.2 Å². The first-order valence-corrected chi connectivity index (χ1v) is 3.86. The van der Waals surface area contributed by atoms with Crippen LogP contribution in [0.25, 0.3) is 0 Å². The van der Waals surface area contributed by atoms with Crippen LogP contribution >= 0.6 is 0 Å². The van der Waals surface area contributed by atoms with Gasteiger partial charge in [-0.3, -0.25) is 0 Å². The van der Waals surface area contributed by atoms with Crippen molar-refractivity contribution in [2.75, 3.05) is 0 Å². The van der Waals surface area contributed by atoms with Crippen molar-refractivity contribution in [1.82, 2.24) is 9.55 Å². The molecular formula is C8H12F2N2.